The van der Waals surface area contributed by atoms with E-state index in [-0.39, 0.29) is 36.5 Å². The second-order valence-electron chi connectivity index (χ2n) is 5.54. The number of aromatic nitrogens is 1. The highest BCUT2D eigenvalue weighted by molar-refractivity contribution is 9.10. The SMILES string of the molecule is COc1c2n(cc(Br)c1=O)CC(=O)C(CCCN=[N+]=[N-])(OC)C2OC. The number of rotatable bonds is 7. The highest BCUT2D eigenvalue weighted by Crippen LogP contribution is 2.43. The lowest BCUT2D eigenvalue weighted by molar-refractivity contribution is -0.170. The Bertz CT molecular complexity index is 774. The largest absolute Gasteiger partial charge is 0.491 e. The van der Waals surface area contributed by atoms with Gasteiger partial charge in [0.15, 0.2) is 17.1 Å². The number of carbonyl (C=O) groups excluding carboxylic acids is 1. The highest BCUT2D eigenvalue weighted by Gasteiger charge is 2.52. The molecule has 0 aromatic carbocycles. The van der Waals surface area contributed by atoms with Crippen LogP contribution in [0.3, 0.4) is 0 Å². The van der Waals surface area contributed by atoms with E-state index in [9.17, 15) is 9.59 Å². The number of azide groups is 1. The van der Waals surface area contributed by atoms with E-state index in [0.717, 1.165) is 0 Å². The van der Waals surface area contributed by atoms with Gasteiger partial charge in [0.25, 0.3) is 0 Å². The maximum atomic E-state index is 12.9. The molecule has 1 aromatic heterocycles. The van der Waals surface area contributed by atoms with Crippen LogP contribution in [0.25, 0.3) is 10.4 Å². The number of nitrogens with zero attached hydrogens (tertiary/aromatic N) is 4. The van der Waals surface area contributed by atoms with E-state index < -0.39 is 11.7 Å². The predicted octanol–water partition coefficient (Wildman–Crippen LogP) is 2.37. The van der Waals surface area contributed by atoms with Crippen molar-refractivity contribution in [1.82, 2.24) is 4.57 Å². The Balaban J connectivity index is 2.59. The van der Waals surface area contributed by atoms with Crippen LogP contribution in [-0.2, 0) is 20.8 Å². The summed E-state index contributed by atoms with van der Waals surface area (Å²) in [6.07, 6.45) is 1.43. The van der Waals surface area contributed by atoms with Crippen LogP contribution >= 0.6 is 15.9 Å². The Labute approximate surface area is 152 Å². The second kappa shape index (κ2) is 8.01. The third-order valence-corrected chi connectivity index (χ3v) is 4.93. The normalized spacial score (nSPS) is 22.2. The zero-order valence-corrected chi connectivity index (χ0v) is 15.8. The first-order valence-corrected chi connectivity index (χ1v) is 8.35. The van der Waals surface area contributed by atoms with Crippen molar-refractivity contribution in [3.63, 3.8) is 0 Å². The molecule has 2 atom stereocenters. The molecule has 0 spiro atoms. The number of carbonyl (C=O) groups is 1. The van der Waals surface area contributed by atoms with Crippen molar-refractivity contribution in [3.8, 4) is 5.75 Å². The number of pyridine rings is 1. The Morgan fingerprint density at radius 3 is 2.72 bits per heavy atom. The van der Waals surface area contributed by atoms with Crippen molar-refractivity contribution in [2.45, 2.75) is 31.1 Å². The summed E-state index contributed by atoms with van der Waals surface area (Å²) in [4.78, 5) is 28.0. The van der Waals surface area contributed by atoms with Gasteiger partial charge >= 0.3 is 0 Å². The fourth-order valence-corrected chi connectivity index (χ4v) is 3.65. The molecule has 1 aliphatic rings. The number of ether oxygens (including phenoxy) is 3. The van der Waals surface area contributed by atoms with Crippen molar-refractivity contribution in [2.24, 2.45) is 5.11 Å². The van der Waals surface area contributed by atoms with Crippen molar-refractivity contribution in [2.75, 3.05) is 27.9 Å². The molecule has 0 bridgehead atoms. The van der Waals surface area contributed by atoms with Gasteiger partial charge in [-0.15, -0.1) is 0 Å². The van der Waals surface area contributed by atoms with Crippen molar-refractivity contribution in [1.29, 1.82) is 0 Å². The molecule has 0 saturated carbocycles. The van der Waals surface area contributed by atoms with Crippen LogP contribution in [0.5, 0.6) is 5.75 Å². The Hall–Kier alpha value is -1.87. The molecular formula is C15H19BrN4O5. The number of hydrogen-bond donors (Lipinski definition) is 0. The van der Waals surface area contributed by atoms with Gasteiger partial charge in [0.05, 0.1) is 23.8 Å². The minimum absolute atomic E-state index is 0.0137. The summed E-state index contributed by atoms with van der Waals surface area (Å²) in [6.45, 7) is 0.245. The summed E-state index contributed by atoms with van der Waals surface area (Å²) in [5, 5.41) is 3.49. The molecule has 0 N–H and O–H groups in total. The maximum absolute atomic E-state index is 12.9. The number of methoxy groups -OCH3 is 3. The van der Waals surface area contributed by atoms with E-state index in [1.165, 1.54) is 21.3 Å². The van der Waals surface area contributed by atoms with Gasteiger partial charge in [-0.2, -0.15) is 0 Å². The maximum Gasteiger partial charge on any atom is 0.237 e. The molecule has 136 valence electrons. The number of Topliss-reactive ketones (excluding diaryl/α,β-unsaturated/α-hetero) is 1. The summed E-state index contributed by atoms with van der Waals surface area (Å²) in [7, 11) is 4.26. The lowest BCUT2D eigenvalue weighted by atomic mass is 9.81. The lowest BCUT2D eigenvalue weighted by Crippen LogP contribution is -2.53. The minimum atomic E-state index is -1.28. The first-order valence-electron chi connectivity index (χ1n) is 7.55. The molecular weight excluding hydrogens is 396 g/mol. The molecule has 1 aliphatic heterocycles. The molecule has 2 unspecified atom stereocenters. The number of ketones is 1. The summed E-state index contributed by atoms with van der Waals surface area (Å²) in [5.74, 6) is -0.0851. The molecule has 0 fully saturated rings. The van der Waals surface area contributed by atoms with Crippen LogP contribution in [0.15, 0.2) is 20.6 Å². The van der Waals surface area contributed by atoms with Crippen LogP contribution in [0.1, 0.15) is 24.6 Å². The van der Waals surface area contributed by atoms with Crippen LogP contribution in [0, 0.1) is 0 Å². The fraction of sp³-hybridized carbons (Fsp3) is 0.600. The molecule has 1 aromatic rings. The van der Waals surface area contributed by atoms with E-state index in [1.54, 1.807) is 10.8 Å². The quantitative estimate of drug-likeness (QED) is 0.293. The van der Waals surface area contributed by atoms with Gasteiger partial charge in [0.2, 0.25) is 5.43 Å². The fourth-order valence-electron chi connectivity index (χ4n) is 3.23. The Morgan fingerprint density at radius 1 is 1.44 bits per heavy atom. The standard InChI is InChI=1S/C15H19BrN4O5/c1-23-13-11-14(24-2)15(25-3,5-4-6-18-19-17)10(21)8-20(11)7-9(16)12(13)22/h7,14H,4-6,8H2,1-3H3. The monoisotopic (exact) mass is 414 g/mol. The topological polar surface area (TPSA) is 116 Å². The molecule has 9 nitrogen and oxygen atoms in total. The average Bonchev–Trinajstić information content (AvgIpc) is 2.60. The zero-order chi connectivity index (χ0) is 18.6. The van der Waals surface area contributed by atoms with E-state index in [0.29, 0.717) is 16.6 Å². The van der Waals surface area contributed by atoms with Crippen LogP contribution in [0.2, 0.25) is 0 Å². The number of hydrogen-bond acceptors (Lipinski definition) is 6. The lowest BCUT2D eigenvalue weighted by Gasteiger charge is -2.42. The van der Waals surface area contributed by atoms with E-state index in [4.69, 9.17) is 19.7 Å². The molecule has 2 heterocycles. The molecule has 10 heteroatoms. The summed E-state index contributed by atoms with van der Waals surface area (Å²) in [6, 6.07) is 0. The summed E-state index contributed by atoms with van der Waals surface area (Å²) >= 11 is 3.19. The summed E-state index contributed by atoms with van der Waals surface area (Å²) < 4.78 is 18.4. The predicted molar refractivity (Wildman–Crippen MR) is 92.7 cm³/mol. The third-order valence-electron chi connectivity index (χ3n) is 4.37. The molecule has 2 rings (SSSR count). The first-order chi connectivity index (χ1) is 12.0. The van der Waals surface area contributed by atoms with E-state index >= 15 is 0 Å². The van der Waals surface area contributed by atoms with Crippen LogP contribution in [0.4, 0.5) is 0 Å². The van der Waals surface area contributed by atoms with Gasteiger partial charge in [-0.1, -0.05) is 5.11 Å². The first kappa shape index (κ1) is 19.5. The average molecular weight is 415 g/mol. The number of fused-ring (bicyclic) bond motifs is 1. The minimum Gasteiger partial charge on any atom is -0.491 e. The van der Waals surface area contributed by atoms with Crippen molar-refractivity contribution >= 4 is 21.7 Å². The molecule has 0 amide bonds. The highest BCUT2D eigenvalue weighted by atomic mass is 79.9. The molecule has 0 radical (unpaired) electrons. The van der Waals surface area contributed by atoms with Crippen LogP contribution in [-0.4, -0.2) is 43.8 Å². The van der Waals surface area contributed by atoms with Gasteiger partial charge in [0.1, 0.15) is 6.10 Å². The van der Waals surface area contributed by atoms with Crippen molar-refractivity contribution in [3.05, 3.63) is 37.0 Å². The molecule has 25 heavy (non-hydrogen) atoms. The van der Waals surface area contributed by atoms with Crippen molar-refractivity contribution < 1.29 is 19.0 Å². The second-order valence-corrected chi connectivity index (χ2v) is 6.40. The molecule has 0 saturated heterocycles. The van der Waals surface area contributed by atoms with Gasteiger partial charge in [0, 0.05) is 31.9 Å². The smallest absolute Gasteiger partial charge is 0.237 e. The van der Waals surface area contributed by atoms with Gasteiger partial charge < -0.3 is 18.8 Å². The van der Waals surface area contributed by atoms with Crippen LogP contribution < -0.4 is 10.2 Å². The van der Waals surface area contributed by atoms with Gasteiger partial charge in [-0.25, -0.2) is 0 Å². The van der Waals surface area contributed by atoms with E-state index in [2.05, 4.69) is 26.0 Å². The Kier molecular flexibility index (Phi) is 6.23. The van der Waals surface area contributed by atoms with E-state index in [1.807, 2.05) is 0 Å². The Morgan fingerprint density at radius 2 is 2.16 bits per heavy atom. The third kappa shape index (κ3) is 3.30. The van der Waals surface area contributed by atoms with Gasteiger partial charge in [-0.3, -0.25) is 9.59 Å². The molecule has 0 aliphatic carbocycles. The number of halogens is 1. The van der Waals surface area contributed by atoms with Gasteiger partial charge in [-0.05, 0) is 34.3 Å². The summed E-state index contributed by atoms with van der Waals surface area (Å²) in [5.41, 5.74) is 7.24. The zero-order valence-electron chi connectivity index (χ0n) is 14.2.